The van der Waals surface area contributed by atoms with Crippen LogP contribution in [0.1, 0.15) is 28.8 Å². The Kier molecular flexibility index (Phi) is 5.23. The fraction of sp³-hybridized carbons (Fsp3) is 0.235. The lowest BCUT2D eigenvalue weighted by atomic mass is 10.0. The number of carbonyl (C=O) groups is 1. The Balaban J connectivity index is 1.97. The van der Waals surface area contributed by atoms with E-state index < -0.39 is 0 Å². The maximum Gasteiger partial charge on any atom is 0.251 e. The van der Waals surface area contributed by atoms with Gasteiger partial charge < -0.3 is 10.1 Å². The summed E-state index contributed by atoms with van der Waals surface area (Å²) >= 11 is 6.03. The summed E-state index contributed by atoms with van der Waals surface area (Å²) in [6.07, 6.45) is 0. The first-order chi connectivity index (χ1) is 10.1. The van der Waals surface area contributed by atoms with E-state index in [1.165, 1.54) is 5.56 Å². The Bertz CT molecular complexity index is 613. The number of hydrogen-bond donors (Lipinski definition) is 1. The van der Waals surface area contributed by atoms with E-state index in [0.29, 0.717) is 22.9 Å². The first kappa shape index (κ1) is 15.4. The van der Waals surface area contributed by atoms with Crippen LogP contribution in [0.25, 0.3) is 0 Å². The van der Waals surface area contributed by atoms with Crippen molar-refractivity contribution in [3.05, 3.63) is 64.7 Å². The summed E-state index contributed by atoms with van der Waals surface area (Å²) in [5.41, 5.74) is 1.73. The molecule has 0 radical (unpaired) electrons. The van der Waals surface area contributed by atoms with Gasteiger partial charge in [0.05, 0.1) is 12.1 Å². The van der Waals surface area contributed by atoms with Crippen LogP contribution in [0.2, 0.25) is 5.02 Å². The van der Waals surface area contributed by atoms with Crippen LogP contribution in [0.15, 0.2) is 48.5 Å². The highest BCUT2D eigenvalue weighted by Crippen LogP contribution is 2.24. The molecule has 0 aliphatic carbocycles. The van der Waals surface area contributed by atoms with Crippen molar-refractivity contribution < 1.29 is 9.53 Å². The quantitative estimate of drug-likeness (QED) is 0.910. The summed E-state index contributed by atoms with van der Waals surface area (Å²) in [5.74, 6) is 0.678. The standard InChI is InChI=1S/C17H18ClNO2/c1-12(13-6-4-3-5-7-13)11-19-17(20)14-8-9-16(21-2)15(18)10-14/h3-10,12H,11H2,1-2H3,(H,19,20)/t12-/m0/s1. The fourth-order valence-corrected chi connectivity index (χ4v) is 2.31. The molecule has 0 saturated heterocycles. The van der Waals surface area contributed by atoms with E-state index in [-0.39, 0.29) is 11.8 Å². The van der Waals surface area contributed by atoms with Crippen molar-refractivity contribution in [2.75, 3.05) is 13.7 Å². The predicted molar refractivity (Wildman–Crippen MR) is 85.2 cm³/mol. The predicted octanol–water partition coefficient (Wildman–Crippen LogP) is 3.88. The third-order valence-electron chi connectivity index (χ3n) is 3.35. The van der Waals surface area contributed by atoms with Crippen LogP contribution in [-0.2, 0) is 0 Å². The fourth-order valence-electron chi connectivity index (χ4n) is 2.05. The van der Waals surface area contributed by atoms with Gasteiger partial charge in [0.25, 0.3) is 5.91 Å². The van der Waals surface area contributed by atoms with E-state index in [1.807, 2.05) is 18.2 Å². The monoisotopic (exact) mass is 303 g/mol. The molecule has 110 valence electrons. The minimum absolute atomic E-state index is 0.137. The molecule has 0 fully saturated rings. The van der Waals surface area contributed by atoms with Gasteiger partial charge in [-0.05, 0) is 29.7 Å². The highest BCUT2D eigenvalue weighted by Gasteiger charge is 2.11. The average molecular weight is 304 g/mol. The van der Waals surface area contributed by atoms with Crippen LogP contribution < -0.4 is 10.1 Å². The molecule has 1 N–H and O–H groups in total. The molecule has 2 aromatic rings. The minimum atomic E-state index is -0.137. The Morgan fingerprint density at radius 3 is 2.57 bits per heavy atom. The van der Waals surface area contributed by atoms with Crippen molar-refractivity contribution in [2.45, 2.75) is 12.8 Å². The lowest BCUT2D eigenvalue weighted by Gasteiger charge is -2.13. The van der Waals surface area contributed by atoms with Crippen LogP contribution in [-0.4, -0.2) is 19.6 Å². The van der Waals surface area contributed by atoms with Gasteiger partial charge in [0.2, 0.25) is 0 Å². The number of amides is 1. The van der Waals surface area contributed by atoms with Gasteiger partial charge in [-0.3, -0.25) is 4.79 Å². The van der Waals surface area contributed by atoms with Crippen LogP contribution in [0.4, 0.5) is 0 Å². The van der Waals surface area contributed by atoms with E-state index in [0.717, 1.165) is 0 Å². The molecule has 1 atom stereocenters. The van der Waals surface area contributed by atoms with Gasteiger partial charge >= 0.3 is 0 Å². The van der Waals surface area contributed by atoms with Crippen molar-refractivity contribution >= 4 is 17.5 Å². The van der Waals surface area contributed by atoms with Gasteiger partial charge in [-0.25, -0.2) is 0 Å². The Morgan fingerprint density at radius 1 is 1.24 bits per heavy atom. The molecule has 0 saturated carbocycles. The number of hydrogen-bond acceptors (Lipinski definition) is 2. The van der Waals surface area contributed by atoms with Gasteiger partial charge in [-0.2, -0.15) is 0 Å². The molecule has 1 amide bonds. The normalized spacial score (nSPS) is 11.8. The van der Waals surface area contributed by atoms with Crippen molar-refractivity contribution in [1.29, 1.82) is 0 Å². The Hall–Kier alpha value is -2.00. The molecule has 0 aromatic heterocycles. The van der Waals surface area contributed by atoms with E-state index in [4.69, 9.17) is 16.3 Å². The summed E-state index contributed by atoms with van der Waals surface area (Å²) in [5, 5.41) is 3.36. The summed E-state index contributed by atoms with van der Waals surface area (Å²) in [6.45, 7) is 2.66. The van der Waals surface area contributed by atoms with Gasteiger partial charge in [0.15, 0.2) is 0 Å². The second kappa shape index (κ2) is 7.14. The lowest BCUT2D eigenvalue weighted by Crippen LogP contribution is -2.27. The molecule has 4 heteroatoms. The van der Waals surface area contributed by atoms with Crippen LogP contribution in [0.5, 0.6) is 5.75 Å². The van der Waals surface area contributed by atoms with E-state index >= 15 is 0 Å². The summed E-state index contributed by atoms with van der Waals surface area (Å²) in [4.78, 5) is 12.1. The molecular formula is C17H18ClNO2. The molecule has 0 bridgehead atoms. The number of methoxy groups -OCH3 is 1. The molecule has 0 unspecified atom stereocenters. The first-order valence-corrected chi connectivity index (χ1v) is 7.16. The van der Waals surface area contributed by atoms with Crippen molar-refractivity contribution in [3.8, 4) is 5.75 Å². The van der Waals surface area contributed by atoms with E-state index in [9.17, 15) is 4.79 Å². The maximum atomic E-state index is 12.1. The van der Waals surface area contributed by atoms with Gasteiger partial charge in [0.1, 0.15) is 5.75 Å². The zero-order valence-corrected chi connectivity index (χ0v) is 12.9. The molecule has 21 heavy (non-hydrogen) atoms. The smallest absolute Gasteiger partial charge is 0.251 e. The van der Waals surface area contributed by atoms with Crippen LogP contribution >= 0.6 is 11.6 Å². The Morgan fingerprint density at radius 2 is 1.95 bits per heavy atom. The first-order valence-electron chi connectivity index (χ1n) is 6.78. The number of rotatable bonds is 5. The van der Waals surface area contributed by atoms with E-state index in [1.54, 1.807) is 25.3 Å². The van der Waals surface area contributed by atoms with Crippen molar-refractivity contribution in [2.24, 2.45) is 0 Å². The highest BCUT2D eigenvalue weighted by atomic mass is 35.5. The Labute approximate surface area is 129 Å². The zero-order valence-electron chi connectivity index (χ0n) is 12.1. The number of ether oxygens (including phenoxy) is 1. The van der Waals surface area contributed by atoms with Gasteiger partial charge in [-0.1, -0.05) is 48.9 Å². The number of nitrogens with one attached hydrogen (secondary N) is 1. The lowest BCUT2D eigenvalue weighted by molar-refractivity contribution is 0.0951. The topological polar surface area (TPSA) is 38.3 Å². The van der Waals surface area contributed by atoms with Gasteiger partial charge in [-0.15, -0.1) is 0 Å². The third kappa shape index (κ3) is 3.99. The second-order valence-corrected chi connectivity index (χ2v) is 5.28. The molecule has 3 nitrogen and oxygen atoms in total. The van der Waals surface area contributed by atoms with Crippen LogP contribution in [0, 0.1) is 0 Å². The molecule has 0 heterocycles. The van der Waals surface area contributed by atoms with Gasteiger partial charge in [0, 0.05) is 12.1 Å². The molecule has 2 aromatic carbocycles. The van der Waals surface area contributed by atoms with Crippen molar-refractivity contribution in [3.63, 3.8) is 0 Å². The molecule has 0 spiro atoms. The summed E-state index contributed by atoms with van der Waals surface area (Å²) < 4.78 is 5.07. The molecule has 0 aliphatic heterocycles. The van der Waals surface area contributed by atoms with Crippen LogP contribution in [0.3, 0.4) is 0 Å². The number of benzene rings is 2. The van der Waals surface area contributed by atoms with E-state index in [2.05, 4.69) is 24.4 Å². The summed E-state index contributed by atoms with van der Waals surface area (Å²) in [7, 11) is 1.54. The molecular weight excluding hydrogens is 286 g/mol. The largest absolute Gasteiger partial charge is 0.495 e. The number of halogens is 1. The number of carbonyl (C=O) groups excluding carboxylic acids is 1. The highest BCUT2D eigenvalue weighted by molar-refractivity contribution is 6.32. The summed E-state index contributed by atoms with van der Waals surface area (Å²) in [6, 6.07) is 15.1. The zero-order chi connectivity index (χ0) is 15.2. The third-order valence-corrected chi connectivity index (χ3v) is 3.65. The van der Waals surface area contributed by atoms with Crippen molar-refractivity contribution in [1.82, 2.24) is 5.32 Å². The maximum absolute atomic E-state index is 12.1. The second-order valence-electron chi connectivity index (χ2n) is 4.87. The minimum Gasteiger partial charge on any atom is -0.495 e. The SMILES string of the molecule is COc1ccc(C(=O)NC[C@H](C)c2ccccc2)cc1Cl. The average Bonchev–Trinajstić information content (AvgIpc) is 2.53. The molecule has 0 aliphatic rings. The molecule has 2 rings (SSSR count).